The third kappa shape index (κ3) is 5.74. The number of nitrogens with zero attached hydrogens (tertiary/aromatic N) is 1. The van der Waals surface area contributed by atoms with Gasteiger partial charge in [-0.05, 0) is 94.0 Å². The van der Waals surface area contributed by atoms with Gasteiger partial charge in [-0.1, -0.05) is 50.0 Å². The van der Waals surface area contributed by atoms with Gasteiger partial charge in [-0.15, -0.1) is 0 Å². The molecular formula is C28H43NO3. The molecule has 3 aliphatic carbocycles. The van der Waals surface area contributed by atoms with E-state index in [0.29, 0.717) is 35.7 Å². The largest absolute Gasteiger partial charge is 0.390 e. The monoisotopic (exact) mass is 441 g/mol. The fourth-order valence-corrected chi connectivity index (χ4v) is 6.94. The molecule has 0 bridgehead atoms. The minimum atomic E-state index is -0.764. The Hall–Kier alpha value is -1.41. The summed E-state index contributed by atoms with van der Waals surface area (Å²) in [6, 6.07) is 1.93. The van der Waals surface area contributed by atoms with Gasteiger partial charge >= 0.3 is 0 Å². The molecule has 0 radical (unpaired) electrons. The second-order valence-electron chi connectivity index (χ2n) is 11.6. The molecule has 178 valence electrons. The van der Waals surface area contributed by atoms with Gasteiger partial charge in [0.25, 0.3) is 0 Å². The molecule has 0 saturated heterocycles. The summed E-state index contributed by atoms with van der Waals surface area (Å²) in [5, 5.41) is 39.6. The van der Waals surface area contributed by atoms with Gasteiger partial charge in [-0.2, -0.15) is 5.26 Å². The van der Waals surface area contributed by atoms with Crippen LogP contribution < -0.4 is 0 Å². The normalized spacial score (nSPS) is 35.4. The Bertz CT molecular complexity index is 780. The molecular weight excluding hydrogens is 398 g/mol. The molecule has 3 fully saturated rings. The maximum atomic E-state index is 10.3. The molecule has 3 saturated carbocycles. The van der Waals surface area contributed by atoms with E-state index >= 15 is 0 Å². The fourth-order valence-electron chi connectivity index (χ4n) is 6.94. The van der Waals surface area contributed by atoms with Crippen LogP contribution in [0.1, 0.15) is 91.9 Å². The predicted octanol–water partition coefficient (Wildman–Crippen LogP) is 5.60. The number of nitriles is 1. The van der Waals surface area contributed by atoms with E-state index in [1.165, 1.54) is 38.2 Å². The summed E-state index contributed by atoms with van der Waals surface area (Å²) in [6.45, 7) is 8.74. The van der Waals surface area contributed by atoms with Gasteiger partial charge in [0.2, 0.25) is 0 Å². The van der Waals surface area contributed by atoms with Crippen molar-refractivity contribution in [2.24, 2.45) is 23.2 Å². The predicted molar refractivity (Wildman–Crippen MR) is 129 cm³/mol. The number of aliphatic hydroxyl groups excluding tert-OH is 2. The lowest BCUT2D eigenvalue weighted by molar-refractivity contribution is 0.0596. The smallest absolute Gasteiger partial charge is 0.0913 e. The third-order valence-corrected chi connectivity index (χ3v) is 8.62. The quantitative estimate of drug-likeness (QED) is 0.469. The summed E-state index contributed by atoms with van der Waals surface area (Å²) in [7, 11) is 0. The minimum Gasteiger partial charge on any atom is -0.390 e. The minimum absolute atomic E-state index is 0.352. The van der Waals surface area contributed by atoms with Gasteiger partial charge in [0.15, 0.2) is 0 Å². The number of hydrogen-bond donors (Lipinski definition) is 3. The summed E-state index contributed by atoms with van der Waals surface area (Å²) in [5.41, 5.74) is 2.83. The number of allylic oxidation sites excluding steroid dienone is 4. The van der Waals surface area contributed by atoms with Crippen LogP contribution in [0, 0.1) is 34.5 Å². The highest BCUT2D eigenvalue weighted by atomic mass is 16.3. The zero-order valence-corrected chi connectivity index (χ0v) is 20.5. The molecule has 3 rings (SSSR count). The van der Waals surface area contributed by atoms with E-state index in [0.717, 1.165) is 30.8 Å². The van der Waals surface area contributed by atoms with E-state index in [2.05, 4.69) is 26.0 Å². The van der Waals surface area contributed by atoms with Crippen LogP contribution in [0.15, 0.2) is 34.9 Å². The first-order valence-corrected chi connectivity index (χ1v) is 12.6. The van der Waals surface area contributed by atoms with Crippen molar-refractivity contribution in [3.63, 3.8) is 0 Å². The standard InChI is InChI=1S/C28H43NO3/c1-19(7-5-14-27(2,3)32)23-11-12-24-21(8-6-15-28(23,24)4)10-9-20-17-25(30)22(13-16-29)26(31)18-20/h9-10,13,19,23-26,30-32H,5-8,11-12,14-15,17-18H2,1-4H3/b20-9?,21-10+,22-13?/t19-,23-,24+,25-,26-,28-/m1/s1. The highest BCUT2D eigenvalue weighted by Crippen LogP contribution is 2.60. The van der Waals surface area contributed by atoms with E-state index in [4.69, 9.17) is 5.26 Å². The Morgan fingerprint density at radius 2 is 1.88 bits per heavy atom. The van der Waals surface area contributed by atoms with Crippen molar-refractivity contribution in [1.82, 2.24) is 0 Å². The van der Waals surface area contributed by atoms with Crippen LogP contribution in [0.5, 0.6) is 0 Å². The first-order chi connectivity index (χ1) is 15.0. The lowest BCUT2D eigenvalue weighted by Crippen LogP contribution is -2.36. The number of aliphatic hydroxyl groups is 3. The van der Waals surface area contributed by atoms with Crippen LogP contribution in [0.3, 0.4) is 0 Å². The first-order valence-electron chi connectivity index (χ1n) is 12.6. The van der Waals surface area contributed by atoms with Gasteiger partial charge < -0.3 is 15.3 Å². The second-order valence-corrected chi connectivity index (χ2v) is 11.6. The third-order valence-electron chi connectivity index (χ3n) is 8.62. The maximum Gasteiger partial charge on any atom is 0.0913 e. The van der Waals surface area contributed by atoms with Gasteiger partial charge in [0, 0.05) is 6.08 Å². The molecule has 0 unspecified atom stereocenters. The van der Waals surface area contributed by atoms with Gasteiger partial charge in [-0.3, -0.25) is 0 Å². The van der Waals surface area contributed by atoms with Crippen LogP contribution in [-0.4, -0.2) is 33.1 Å². The Labute approximate surface area is 194 Å². The zero-order valence-electron chi connectivity index (χ0n) is 20.5. The number of fused-ring (bicyclic) bond motifs is 1. The highest BCUT2D eigenvalue weighted by molar-refractivity contribution is 5.32. The Morgan fingerprint density at radius 3 is 2.50 bits per heavy atom. The summed E-state index contributed by atoms with van der Waals surface area (Å²) >= 11 is 0. The van der Waals surface area contributed by atoms with E-state index in [1.54, 1.807) is 5.57 Å². The van der Waals surface area contributed by atoms with Crippen LogP contribution in [-0.2, 0) is 0 Å². The molecule has 6 atom stereocenters. The SMILES string of the molecule is C[C@H](CCCC(C)(C)O)[C@H]1CC[C@H]2/C(=C/C=C3C[C@@H](O)C(=CC#N)[C@H](O)C3)CCC[C@]12C. The number of rotatable bonds is 6. The summed E-state index contributed by atoms with van der Waals surface area (Å²) in [5.74, 6) is 2.05. The molecule has 3 aliphatic rings. The fraction of sp³-hybridized carbons (Fsp3) is 0.750. The zero-order chi connectivity index (χ0) is 23.5. The average molecular weight is 442 g/mol. The van der Waals surface area contributed by atoms with Crippen LogP contribution in [0.4, 0.5) is 0 Å². The molecule has 0 spiro atoms. The van der Waals surface area contributed by atoms with Gasteiger partial charge in [-0.25, -0.2) is 0 Å². The van der Waals surface area contributed by atoms with Crippen LogP contribution >= 0.6 is 0 Å². The van der Waals surface area contributed by atoms with Gasteiger partial charge in [0.05, 0.1) is 23.9 Å². The molecule has 0 aromatic carbocycles. The van der Waals surface area contributed by atoms with Crippen molar-refractivity contribution in [2.75, 3.05) is 0 Å². The molecule has 0 aliphatic heterocycles. The van der Waals surface area contributed by atoms with Crippen LogP contribution in [0.25, 0.3) is 0 Å². The second kappa shape index (κ2) is 10.2. The molecule has 4 nitrogen and oxygen atoms in total. The lowest BCUT2D eigenvalue weighted by atomic mass is 9.60. The highest BCUT2D eigenvalue weighted by Gasteiger charge is 2.50. The van der Waals surface area contributed by atoms with Crippen molar-refractivity contribution < 1.29 is 15.3 Å². The molecule has 32 heavy (non-hydrogen) atoms. The van der Waals surface area contributed by atoms with Crippen LogP contribution in [0.2, 0.25) is 0 Å². The average Bonchev–Trinajstić information content (AvgIpc) is 3.05. The molecule has 0 heterocycles. The topological polar surface area (TPSA) is 84.5 Å². The van der Waals surface area contributed by atoms with Crippen molar-refractivity contribution in [1.29, 1.82) is 5.26 Å². The molecule has 3 N–H and O–H groups in total. The van der Waals surface area contributed by atoms with Crippen molar-refractivity contribution in [3.8, 4) is 6.07 Å². The van der Waals surface area contributed by atoms with E-state index in [9.17, 15) is 15.3 Å². The molecule has 0 amide bonds. The van der Waals surface area contributed by atoms with E-state index in [-0.39, 0.29) is 0 Å². The summed E-state index contributed by atoms with van der Waals surface area (Å²) in [6.07, 6.45) is 14.5. The van der Waals surface area contributed by atoms with E-state index < -0.39 is 17.8 Å². The van der Waals surface area contributed by atoms with Gasteiger partial charge in [0.1, 0.15) is 0 Å². The molecule has 0 aromatic rings. The van der Waals surface area contributed by atoms with E-state index in [1.807, 2.05) is 19.9 Å². The van der Waals surface area contributed by atoms with Crippen molar-refractivity contribution in [3.05, 3.63) is 34.9 Å². The Morgan fingerprint density at radius 1 is 1.19 bits per heavy atom. The molecule has 0 aromatic heterocycles. The van der Waals surface area contributed by atoms with Crippen molar-refractivity contribution in [2.45, 2.75) is 110 Å². The summed E-state index contributed by atoms with van der Waals surface area (Å²) in [4.78, 5) is 0. The Kier molecular flexibility index (Phi) is 8.07. The summed E-state index contributed by atoms with van der Waals surface area (Å²) < 4.78 is 0. The first kappa shape index (κ1) is 25.2. The Balaban J connectivity index is 1.68. The van der Waals surface area contributed by atoms with Crippen molar-refractivity contribution >= 4 is 0 Å². The maximum absolute atomic E-state index is 10.3. The lowest BCUT2D eigenvalue weighted by Gasteiger charge is -2.44. The molecule has 4 heteroatoms. The number of hydrogen-bond acceptors (Lipinski definition) is 4.